The summed E-state index contributed by atoms with van der Waals surface area (Å²) in [4.78, 5) is 33.7. The maximum absolute atomic E-state index is 13.2. The van der Waals surface area contributed by atoms with E-state index in [0.717, 1.165) is 48.1 Å². The third-order valence-electron chi connectivity index (χ3n) is 6.99. The van der Waals surface area contributed by atoms with Crippen molar-refractivity contribution >= 4 is 24.5 Å². The Kier molecular flexibility index (Phi) is 8.43. The molecule has 3 N–H and O–H groups in total. The van der Waals surface area contributed by atoms with Gasteiger partial charge in [-0.1, -0.05) is 80.8 Å². The van der Waals surface area contributed by atoms with E-state index in [1.807, 2.05) is 59.5 Å². The quantitative estimate of drug-likeness (QED) is 0.179. The molecule has 1 aliphatic rings. The van der Waals surface area contributed by atoms with Gasteiger partial charge in [0, 0.05) is 5.69 Å². The molecule has 0 aromatic heterocycles. The van der Waals surface area contributed by atoms with Crippen LogP contribution in [-0.2, 0) is 9.36 Å². The van der Waals surface area contributed by atoms with Gasteiger partial charge < -0.3 is 19.8 Å². The van der Waals surface area contributed by atoms with E-state index in [9.17, 15) is 24.3 Å². The highest BCUT2D eigenvalue weighted by Gasteiger charge is 2.48. The van der Waals surface area contributed by atoms with Crippen LogP contribution in [-0.4, -0.2) is 26.9 Å². The standard InChI is InChI=1S/C29H34NO5P/c1-2-3-5-10-25(31)17-20-27-28(30(29(27)32)24-8-6-4-7-9-24)23-13-11-21(12-14-23)22-15-18-26(19-16-22)36(33,34)35/h4,6-9,11-16,18-19,25,27-28,31H,2-3,5,10,17,20H2,1H3,(H2,33,34,35)/t25-,27-,28-/m1/s1. The third kappa shape index (κ3) is 5.96. The van der Waals surface area contributed by atoms with Gasteiger partial charge in [-0.15, -0.1) is 0 Å². The Morgan fingerprint density at radius 1 is 0.861 bits per heavy atom. The van der Waals surface area contributed by atoms with Crippen molar-refractivity contribution in [2.75, 3.05) is 4.90 Å². The highest BCUT2D eigenvalue weighted by Crippen LogP contribution is 2.46. The average Bonchev–Trinajstić information content (AvgIpc) is 2.88. The molecule has 0 radical (unpaired) electrons. The third-order valence-corrected chi connectivity index (χ3v) is 7.96. The molecule has 1 fully saturated rings. The van der Waals surface area contributed by atoms with E-state index < -0.39 is 7.60 Å². The zero-order valence-electron chi connectivity index (χ0n) is 20.5. The Hall–Kier alpha value is -2.76. The maximum atomic E-state index is 13.2. The topological polar surface area (TPSA) is 98.1 Å². The fraction of sp³-hybridized carbons (Fsp3) is 0.345. The van der Waals surface area contributed by atoms with Gasteiger partial charge >= 0.3 is 7.60 Å². The number of benzene rings is 3. The van der Waals surface area contributed by atoms with Gasteiger partial charge in [-0.2, -0.15) is 0 Å². The molecule has 0 saturated carbocycles. The molecule has 1 aliphatic heterocycles. The Morgan fingerprint density at radius 2 is 1.47 bits per heavy atom. The van der Waals surface area contributed by atoms with Crippen molar-refractivity contribution < 1.29 is 24.3 Å². The van der Waals surface area contributed by atoms with Crippen LogP contribution in [0.4, 0.5) is 5.69 Å². The van der Waals surface area contributed by atoms with Crippen LogP contribution in [0.5, 0.6) is 0 Å². The van der Waals surface area contributed by atoms with Gasteiger partial charge in [-0.05, 0) is 60.2 Å². The fourth-order valence-electron chi connectivity index (χ4n) is 4.95. The lowest BCUT2D eigenvalue weighted by Gasteiger charge is -2.48. The van der Waals surface area contributed by atoms with Gasteiger partial charge in [0.1, 0.15) is 0 Å². The second-order valence-electron chi connectivity index (χ2n) is 9.53. The number of carbonyl (C=O) groups is 1. The van der Waals surface area contributed by atoms with Crippen molar-refractivity contribution in [3.63, 3.8) is 0 Å². The van der Waals surface area contributed by atoms with E-state index in [1.165, 1.54) is 12.1 Å². The number of hydrogen-bond acceptors (Lipinski definition) is 3. The predicted octanol–water partition coefficient (Wildman–Crippen LogP) is 5.58. The summed E-state index contributed by atoms with van der Waals surface area (Å²) < 4.78 is 11.5. The average molecular weight is 508 g/mol. The number of anilines is 1. The Labute approximate surface area is 212 Å². The lowest BCUT2D eigenvalue weighted by atomic mass is 9.78. The molecule has 7 heteroatoms. The van der Waals surface area contributed by atoms with Crippen molar-refractivity contribution in [1.82, 2.24) is 0 Å². The summed E-state index contributed by atoms with van der Waals surface area (Å²) in [5.74, 6) is -0.0940. The van der Waals surface area contributed by atoms with Crippen LogP contribution in [0.15, 0.2) is 78.9 Å². The molecule has 0 aliphatic carbocycles. The number of unbranched alkanes of at least 4 members (excludes halogenated alkanes) is 2. The summed E-state index contributed by atoms with van der Waals surface area (Å²) >= 11 is 0. The highest BCUT2D eigenvalue weighted by molar-refractivity contribution is 7.60. The van der Waals surface area contributed by atoms with Crippen LogP contribution in [0.3, 0.4) is 0 Å². The molecule has 6 nitrogen and oxygen atoms in total. The number of amides is 1. The Morgan fingerprint density at radius 3 is 2.06 bits per heavy atom. The number of β-lactam (4-membered cyclic amide) rings is 1. The number of aliphatic hydroxyl groups is 1. The molecule has 1 heterocycles. The SMILES string of the molecule is CCCCC[C@@H](O)CC[C@H]1C(=O)N(c2ccccc2)[C@@H]1c1ccc(-c2ccc(P(=O)(O)O)cc2)cc1. The molecule has 3 atom stereocenters. The lowest BCUT2D eigenvalue weighted by molar-refractivity contribution is -0.131. The van der Waals surface area contributed by atoms with Crippen LogP contribution < -0.4 is 10.2 Å². The van der Waals surface area contributed by atoms with Gasteiger partial charge in [-0.25, -0.2) is 0 Å². The number of hydrogen-bond donors (Lipinski definition) is 3. The first-order valence-corrected chi connectivity index (χ1v) is 14.2. The second kappa shape index (κ2) is 11.5. The van der Waals surface area contributed by atoms with Crippen molar-refractivity contribution in [2.24, 2.45) is 5.92 Å². The van der Waals surface area contributed by atoms with E-state index >= 15 is 0 Å². The van der Waals surface area contributed by atoms with Gasteiger partial charge in [0.05, 0.1) is 23.4 Å². The van der Waals surface area contributed by atoms with Crippen LogP contribution in [0.1, 0.15) is 57.1 Å². The Bertz CT molecular complexity index is 1190. The molecular weight excluding hydrogens is 473 g/mol. The number of carbonyl (C=O) groups excluding carboxylic acids is 1. The van der Waals surface area contributed by atoms with Crippen molar-refractivity contribution in [2.45, 2.75) is 57.6 Å². The zero-order valence-corrected chi connectivity index (χ0v) is 21.4. The molecule has 1 saturated heterocycles. The number of para-hydroxylation sites is 1. The summed E-state index contributed by atoms with van der Waals surface area (Å²) in [6.45, 7) is 2.14. The van der Waals surface area contributed by atoms with E-state index in [1.54, 1.807) is 12.1 Å². The van der Waals surface area contributed by atoms with Gasteiger partial charge in [-0.3, -0.25) is 9.36 Å². The lowest BCUT2D eigenvalue weighted by Crippen LogP contribution is -2.55. The van der Waals surface area contributed by atoms with E-state index in [4.69, 9.17) is 0 Å². The molecule has 4 rings (SSSR count). The summed E-state index contributed by atoms with van der Waals surface area (Å²) in [5.41, 5.74) is 3.68. The van der Waals surface area contributed by atoms with Gasteiger partial charge in [0.2, 0.25) is 5.91 Å². The van der Waals surface area contributed by atoms with Crippen LogP contribution >= 0.6 is 7.60 Å². The van der Waals surface area contributed by atoms with Crippen LogP contribution in [0.2, 0.25) is 0 Å². The van der Waals surface area contributed by atoms with Crippen molar-refractivity contribution in [3.8, 4) is 11.1 Å². The van der Waals surface area contributed by atoms with E-state index in [2.05, 4.69) is 6.92 Å². The molecule has 190 valence electrons. The van der Waals surface area contributed by atoms with Crippen molar-refractivity contribution in [1.29, 1.82) is 0 Å². The van der Waals surface area contributed by atoms with Crippen molar-refractivity contribution in [3.05, 3.63) is 84.4 Å². The smallest absolute Gasteiger partial charge is 0.356 e. The largest absolute Gasteiger partial charge is 0.393 e. The van der Waals surface area contributed by atoms with Gasteiger partial charge in [0.25, 0.3) is 0 Å². The first kappa shape index (κ1) is 26.3. The van der Waals surface area contributed by atoms with Gasteiger partial charge in [0.15, 0.2) is 0 Å². The summed E-state index contributed by atoms with van der Waals surface area (Å²) in [5, 5.41) is 10.4. The normalized spacial score (nSPS) is 18.7. The fourth-order valence-corrected chi connectivity index (χ4v) is 5.49. The molecule has 3 aromatic rings. The number of nitrogens with zero attached hydrogens (tertiary/aromatic N) is 1. The minimum absolute atomic E-state index is 0.00548. The minimum Gasteiger partial charge on any atom is -0.393 e. The molecule has 1 amide bonds. The van der Waals surface area contributed by atoms with Crippen LogP contribution in [0, 0.1) is 5.92 Å². The second-order valence-corrected chi connectivity index (χ2v) is 11.1. The molecule has 0 spiro atoms. The zero-order chi connectivity index (χ0) is 25.7. The number of aliphatic hydroxyl groups excluding tert-OH is 1. The first-order chi connectivity index (χ1) is 17.3. The molecule has 3 aromatic carbocycles. The maximum Gasteiger partial charge on any atom is 0.356 e. The molecule has 0 unspecified atom stereocenters. The first-order valence-electron chi connectivity index (χ1n) is 12.6. The predicted molar refractivity (Wildman–Crippen MR) is 143 cm³/mol. The van der Waals surface area contributed by atoms with Crippen LogP contribution in [0.25, 0.3) is 11.1 Å². The minimum atomic E-state index is -4.27. The summed E-state index contributed by atoms with van der Waals surface area (Å²) in [6, 6.07) is 23.9. The Balaban J connectivity index is 1.53. The van der Waals surface area contributed by atoms with E-state index in [0.29, 0.717) is 12.8 Å². The highest BCUT2D eigenvalue weighted by atomic mass is 31.2. The van der Waals surface area contributed by atoms with E-state index in [-0.39, 0.29) is 29.3 Å². The molecule has 36 heavy (non-hydrogen) atoms. The monoisotopic (exact) mass is 507 g/mol. The summed E-state index contributed by atoms with van der Waals surface area (Å²) in [6.07, 6.45) is 4.89. The molecule has 0 bridgehead atoms. The molecular formula is C29H34NO5P. The summed E-state index contributed by atoms with van der Waals surface area (Å²) in [7, 11) is -4.27. The number of rotatable bonds is 11.